The molecule has 3 nitrogen and oxygen atoms in total. The molecule has 0 fully saturated rings. The summed E-state index contributed by atoms with van der Waals surface area (Å²) in [6, 6.07) is 6.04. The summed E-state index contributed by atoms with van der Waals surface area (Å²) in [7, 11) is 2.08. The van der Waals surface area contributed by atoms with Gasteiger partial charge in [0.15, 0.2) is 0 Å². The normalized spacial score (nSPS) is 18.7. The molecule has 0 amide bonds. The van der Waals surface area contributed by atoms with Gasteiger partial charge in [-0.1, -0.05) is 6.07 Å². The molecule has 2 N–H and O–H groups in total. The van der Waals surface area contributed by atoms with Gasteiger partial charge in [-0.05, 0) is 17.7 Å². The van der Waals surface area contributed by atoms with Gasteiger partial charge in [0, 0.05) is 42.7 Å². The number of hydrogen-bond acceptors (Lipinski definition) is 3. The van der Waals surface area contributed by atoms with Gasteiger partial charge in [-0.2, -0.15) is 0 Å². The lowest BCUT2D eigenvalue weighted by molar-refractivity contribution is 0.806. The van der Waals surface area contributed by atoms with E-state index in [2.05, 4.69) is 23.0 Å². The number of halogens is 1. The third-order valence-electron chi connectivity index (χ3n) is 3.44. The number of nitrogens with two attached hydrogens (primary N) is 1. The summed E-state index contributed by atoms with van der Waals surface area (Å²) in [6.07, 6.45) is 1.78. The number of nitrogen functional groups attached to an aromatic ring is 1. The lowest BCUT2D eigenvalue weighted by atomic mass is 9.97. The van der Waals surface area contributed by atoms with Crippen LogP contribution in [-0.4, -0.2) is 24.5 Å². The maximum absolute atomic E-state index is 6.06. The minimum absolute atomic E-state index is 0.365. The SMILES string of the molecule is CN1CC(CCl)c2c1cc(N)c1ncccc21. The molecule has 1 aromatic carbocycles. The lowest BCUT2D eigenvalue weighted by Crippen LogP contribution is -2.15. The zero-order valence-electron chi connectivity index (χ0n) is 9.65. The van der Waals surface area contributed by atoms with Gasteiger partial charge in [-0.3, -0.25) is 4.98 Å². The Morgan fingerprint density at radius 2 is 2.41 bits per heavy atom. The quantitative estimate of drug-likeness (QED) is 0.622. The highest BCUT2D eigenvalue weighted by Gasteiger charge is 2.28. The van der Waals surface area contributed by atoms with E-state index in [1.54, 1.807) is 6.20 Å². The standard InChI is InChI=1S/C13H14ClN3/c1-17-7-8(6-14)12-9-3-2-4-16-13(9)10(15)5-11(12)17/h2-5,8H,6-7,15H2,1H3. The van der Waals surface area contributed by atoms with Crippen LogP contribution in [0.4, 0.5) is 11.4 Å². The molecule has 1 aliphatic heterocycles. The Morgan fingerprint density at radius 1 is 1.59 bits per heavy atom. The second kappa shape index (κ2) is 3.77. The van der Waals surface area contributed by atoms with Crippen molar-refractivity contribution < 1.29 is 0 Å². The van der Waals surface area contributed by atoms with Gasteiger partial charge >= 0.3 is 0 Å². The van der Waals surface area contributed by atoms with Crippen molar-refractivity contribution in [2.75, 3.05) is 30.1 Å². The lowest BCUT2D eigenvalue weighted by Gasteiger charge is -2.13. The molecular formula is C13H14ClN3. The first-order valence-electron chi connectivity index (χ1n) is 5.66. The van der Waals surface area contributed by atoms with Crippen molar-refractivity contribution in [3.8, 4) is 0 Å². The summed E-state index contributed by atoms with van der Waals surface area (Å²) in [5.41, 5.74) is 10.2. The van der Waals surface area contributed by atoms with Gasteiger partial charge in [0.2, 0.25) is 0 Å². The summed E-state index contributed by atoms with van der Waals surface area (Å²) in [5.74, 6) is 0.995. The number of aromatic nitrogens is 1. The molecule has 2 aromatic rings. The van der Waals surface area contributed by atoms with Crippen LogP contribution < -0.4 is 10.6 Å². The highest BCUT2D eigenvalue weighted by atomic mass is 35.5. The number of pyridine rings is 1. The number of benzene rings is 1. The maximum Gasteiger partial charge on any atom is 0.0935 e. The fourth-order valence-corrected chi connectivity index (χ4v) is 2.93. The molecule has 1 atom stereocenters. The van der Waals surface area contributed by atoms with Crippen molar-refractivity contribution >= 4 is 33.9 Å². The van der Waals surface area contributed by atoms with Crippen LogP contribution in [0.15, 0.2) is 24.4 Å². The third kappa shape index (κ3) is 1.46. The Kier molecular flexibility index (Phi) is 2.37. The Labute approximate surface area is 105 Å². The monoisotopic (exact) mass is 247 g/mol. The van der Waals surface area contributed by atoms with Crippen LogP contribution in [0.2, 0.25) is 0 Å². The van der Waals surface area contributed by atoms with Crippen molar-refractivity contribution in [3.05, 3.63) is 30.0 Å². The molecule has 88 valence electrons. The number of likely N-dealkylation sites (N-methyl/N-ethyl adjacent to an activating group) is 1. The minimum Gasteiger partial charge on any atom is -0.397 e. The zero-order valence-corrected chi connectivity index (χ0v) is 10.4. The summed E-state index contributed by atoms with van der Waals surface area (Å²) in [4.78, 5) is 6.58. The second-order valence-corrected chi connectivity index (χ2v) is 4.84. The molecule has 0 saturated carbocycles. The fourth-order valence-electron chi connectivity index (χ4n) is 2.68. The summed E-state index contributed by atoms with van der Waals surface area (Å²) < 4.78 is 0. The van der Waals surface area contributed by atoms with E-state index in [4.69, 9.17) is 17.3 Å². The zero-order chi connectivity index (χ0) is 12.0. The first kappa shape index (κ1) is 10.7. The highest BCUT2D eigenvalue weighted by Crippen LogP contribution is 2.42. The number of rotatable bonds is 1. The molecule has 0 spiro atoms. The van der Waals surface area contributed by atoms with Crippen LogP contribution in [0.1, 0.15) is 11.5 Å². The molecule has 3 rings (SSSR count). The first-order chi connectivity index (χ1) is 8.22. The Hall–Kier alpha value is -1.48. The van der Waals surface area contributed by atoms with E-state index in [0.717, 1.165) is 23.1 Å². The number of fused-ring (bicyclic) bond motifs is 3. The first-order valence-corrected chi connectivity index (χ1v) is 6.20. The van der Waals surface area contributed by atoms with Gasteiger partial charge in [0.25, 0.3) is 0 Å². The fraction of sp³-hybridized carbons (Fsp3) is 0.308. The van der Waals surface area contributed by atoms with Crippen molar-refractivity contribution in [1.82, 2.24) is 4.98 Å². The smallest absolute Gasteiger partial charge is 0.0935 e. The average molecular weight is 248 g/mol. The Bertz CT molecular complexity index is 582. The van der Waals surface area contributed by atoms with Crippen molar-refractivity contribution in [2.45, 2.75) is 5.92 Å². The molecule has 2 heterocycles. The van der Waals surface area contributed by atoms with Gasteiger partial charge in [0.05, 0.1) is 11.2 Å². The van der Waals surface area contributed by atoms with E-state index in [-0.39, 0.29) is 0 Å². The van der Waals surface area contributed by atoms with E-state index in [0.29, 0.717) is 11.8 Å². The maximum atomic E-state index is 6.06. The highest BCUT2D eigenvalue weighted by molar-refractivity contribution is 6.18. The Balaban J connectivity index is 2.38. The van der Waals surface area contributed by atoms with Gasteiger partial charge in [0.1, 0.15) is 0 Å². The van der Waals surface area contributed by atoms with Crippen LogP contribution in [0.5, 0.6) is 0 Å². The van der Waals surface area contributed by atoms with Crippen LogP contribution in [0.3, 0.4) is 0 Å². The van der Waals surface area contributed by atoms with Crippen molar-refractivity contribution in [2.24, 2.45) is 0 Å². The molecule has 1 aliphatic rings. The predicted molar refractivity (Wildman–Crippen MR) is 72.9 cm³/mol. The second-order valence-electron chi connectivity index (χ2n) is 4.53. The van der Waals surface area contributed by atoms with E-state index < -0.39 is 0 Å². The third-order valence-corrected chi connectivity index (χ3v) is 3.81. The summed E-state index contributed by atoms with van der Waals surface area (Å²) in [5, 5.41) is 1.14. The van der Waals surface area contributed by atoms with E-state index in [1.165, 1.54) is 11.3 Å². The number of nitrogens with zero attached hydrogens (tertiary/aromatic N) is 2. The van der Waals surface area contributed by atoms with E-state index in [9.17, 15) is 0 Å². The minimum atomic E-state index is 0.365. The predicted octanol–water partition coefficient (Wildman–Crippen LogP) is 2.59. The van der Waals surface area contributed by atoms with Crippen molar-refractivity contribution in [3.63, 3.8) is 0 Å². The Morgan fingerprint density at radius 3 is 3.18 bits per heavy atom. The molecule has 1 aromatic heterocycles. The van der Waals surface area contributed by atoms with E-state index in [1.807, 2.05) is 12.1 Å². The molecular weight excluding hydrogens is 234 g/mol. The molecule has 4 heteroatoms. The summed E-state index contributed by atoms with van der Waals surface area (Å²) >= 11 is 6.06. The molecule has 0 aliphatic carbocycles. The molecule has 0 radical (unpaired) electrons. The number of hydrogen-bond donors (Lipinski definition) is 1. The molecule has 17 heavy (non-hydrogen) atoms. The molecule has 0 bridgehead atoms. The van der Waals surface area contributed by atoms with Crippen molar-refractivity contribution in [1.29, 1.82) is 0 Å². The topological polar surface area (TPSA) is 42.1 Å². The van der Waals surface area contributed by atoms with Crippen LogP contribution >= 0.6 is 11.6 Å². The summed E-state index contributed by atoms with van der Waals surface area (Å²) in [6.45, 7) is 0.951. The van der Waals surface area contributed by atoms with E-state index >= 15 is 0 Å². The average Bonchev–Trinajstić information content (AvgIpc) is 2.67. The largest absolute Gasteiger partial charge is 0.397 e. The number of alkyl halides is 1. The van der Waals surface area contributed by atoms with Crippen LogP contribution in [0, 0.1) is 0 Å². The van der Waals surface area contributed by atoms with Gasteiger partial charge in [-0.25, -0.2) is 0 Å². The van der Waals surface area contributed by atoms with Gasteiger partial charge in [-0.15, -0.1) is 11.6 Å². The molecule has 1 unspecified atom stereocenters. The van der Waals surface area contributed by atoms with Crippen LogP contribution in [0.25, 0.3) is 10.9 Å². The van der Waals surface area contributed by atoms with Crippen LogP contribution in [-0.2, 0) is 0 Å². The molecule has 0 saturated heterocycles. The van der Waals surface area contributed by atoms with Gasteiger partial charge < -0.3 is 10.6 Å². The number of anilines is 2.